The van der Waals surface area contributed by atoms with Crippen LogP contribution in [0.1, 0.15) is 44.3 Å². The third-order valence-corrected chi connectivity index (χ3v) is 5.43. The van der Waals surface area contributed by atoms with Crippen molar-refractivity contribution in [3.05, 3.63) is 18.2 Å². The predicted octanol–water partition coefficient (Wildman–Crippen LogP) is 2.84. The minimum absolute atomic E-state index is 0.519. The zero-order valence-electron chi connectivity index (χ0n) is 11.1. The lowest BCUT2D eigenvalue weighted by molar-refractivity contribution is 0.325. The maximum absolute atomic E-state index is 4.38. The van der Waals surface area contributed by atoms with Crippen LogP contribution in [0.4, 0.5) is 0 Å². The molecule has 0 spiro atoms. The number of hydrogen-bond acceptors (Lipinski definition) is 3. The molecule has 1 aromatic heterocycles. The zero-order chi connectivity index (χ0) is 12.4. The summed E-state index contributed by atoms with van der Waals surface area (Å²) in [7, 11) is 0. The largest absolute Gasteiger partial charge is 0.333 e. The van der Waals surface area contributed by atoms with E-state index in [4.69, 9.17) is 0 Å². The summed E-state index contributed by atoms with van der Waals surface area (Å²) in [5, 5.41) is 3.72. The van der Waals surface area contributed by atoms with E-state index >= 15 is 0 Å². The van der Waals surface area contributed by atoms with Gasteiger partial charge in [0.15, 0.2) is 0 Å². The fourth-order valence-corrected chi connectivity index (χ4v) is 4.42. The van der Waals surface area contributed by atoms with Crippen LogP contribution in [0.15, 0.2) is 12.5 Å². The quantitative estimate of drug-likeness (QED) is 0.911. The lowest BCUT2D eigenvalue weighted by atomic mass is 9.97. The Morgan fingerprint density at radius 3 is 3.17 bits per heavy atom. The number of nitrogens with one attached hydrogen (secondary N) is 1. The molecule has 2 aliphatic heterocycles. The summed E-state index contributed by atoms with van der Waals surface area (Å²) in [6.45, 7) is 3.45. The summed E-state index contributed by atoms with van der Waals surface area (Å²) in [6.07, 6.45) is 9.37. The van der Waals surface area contributed by atoms with E-state index in [-0.39, 0.29) is 0 Å². The molecule has 18 heavy (non-hydrogen) atoms. The second-order valence-corrected chi connectivity index (χ2v) is 6.90. The van der Waals surface area contributed by atoms with Gasteiger partial charge in [0.05, 0.1) is 12.0 Å². The van der Waals surface area contributed by atoms with E-state index in [1.165, 1.54) is 42.9 Å². The van der Waals surface area contributed by atoms with Crippen molar-refractivity contribution < 1.29 is 0 Å². The molecular formula is C14H23N3S. The van der Waals surface area contributed by atoms with Crippen LogP contribution in [-0.2, 0) is 6.54 Å². The number of nitrogens with zero attached hydrogens (tertiary/aromatic N) is 2. The molecule has 0 aromatic carbocycles. The van der Waals surface area contributed by atoms with Crippen molar-refractivity contribution in [1.29, 1.82) is 0 Å². The molecule has 3 nitrogen and oxygen atoms in total. The Morgan fingerprint density at radius 2 is 2.39 bits per heavy atom. The maximum atomic E-state index is 4.38. The van der Waals surface area contributed by atoms with Crippen molar-refractivity contribution in [2.45, 2.75) is 51.2 Å². The van der Waals surface area contributed by atoms with E-state index in [1.54, 1.807) is 0 Å². The molecule has 0 amide bonds. The number of thioether (sulfide) groups is 1. The van der Waals surface area contributed by atoms with Crippen molar-refractivity contribution in [1.82, 2.24) is 14.9 Å². The van der Waals surface area contributed by atoms with Gasteiger partial charge in [-0.15, -0.1) is 0 Å². The Morgan fingerprint density at radius 1 is 1.44 bits per heavy atom. The third kappa shape index (κ3) is 2.75. The van der Waals surface area contributed by atoms with Crippen molar-refractivity contribution in [2.24, 2.45) is 5.92 Å². The fourth-order valence-electron chi connectivity index (χ4n) is 3.15. The number of rotatable bonds is 3. The molecule has 0 radical (unpaired) electrons. The lowest BCUT2D eigenvalue weighted by Gasteiger charge is -2.29. The van der Waals surface area contributed by atoms with Gasteiger partial charge < -0.3 is 9.88 Å². The molecule has 2 saturated heterocycles. The number of hydrogen-bond donors (Lipinski definition) is 1. The molecule has 0 aliphatic carbocycles. The highest BCUT2D eigenvalue weighted by atomic mass is 32.2. The summed E-state index contributed by atoms with van der Waals surface area (Å²) in [5.74, 6) is 3.52. The first-order chi connectivity index (χ1) is 8.83. The lowest BCUT2D eigenvalue weighted by Crippen LogP contribution is -2.35. The highest BCUT2D eigenvalue weighted by Crippen LogP contribution is 2.28. The second kappa shape index (κ2) is 5.66. The molecule has 3 heterocycles. The highest BCUT2D eigenvalue weighted by molar-refractivity contribution is 7.99. The van der Waals surface area contributed by atoms with Crippen LogP contribution < -0.4 is 5.32 Å². The molecule has 3 rings (SSSR count). The Kier molecular flexibility index (Phi) is 3.94. The van der Waals surface area contributed by atoms with Gasteiger partial charge in [-0.3, -0.25) is 0 Å². The van der Waals surface area contributed by atoms with Crippen molar-refractivity contribution >= 4 is 11.8 Å². The normalized spacial score (nSPS) is 32.8. The molecule has 4 heteroatoms. The van der Waals surface area contributed by atoms with Crippen LogP contribution >= 0.6 is 11.8 Å². The molecule has 3 unspecified atom stereocenters. The molecule has 1 aromatic rings. The summed E-state index contributed by atoms with van der Waals surface area (Å²) in [5.41, 5.74) is 1.40. The number of imidazole rings is 1. The van der Waals surface area contributed by atoms with Crippen molar-refractivity contribution in [3.8, 4) is 0 Å². The van der Waals surface area contributed by atoms with Gasteiger partial charge in [0.2, 0.25) is 0 Å². The average molecular weight is 265 g/mol. The molecule has 0 saturated carbocycles. The first-order valence-electron chi connectivity index (χ1n) is 7.17. The summed E-state index contributed by atoms with van der Waals surface area (Å²) < 4.78 is 2.40. The van der Waals surface area contributed by atoms with Gasteiger partial charge in [-0.1, -0.05) is 0 Å². The van der Waals surface area contributed by atoms with Gasteiger partial charge in [0, 0.05) is 24.8 Å². The Balaban J connectivity index is 1.69. The van der Waals surface area contributed by atoms with E-state index in [9.17, 15) is 0 Å². The van der Waals surface area contributed by atoms with Crippen LogP contribution in [-0.4, -0.2) is 27.1 Å². The molecule has 2 fully saturated rings. The molecular weight excluding hydrogens is 242 g/mol. The molecule has 100 valence electrons. The van der Waals surface area contributed by atoms with E-state index < -0.39 is 0 Å². The van der Waals surface area contributed by atoms with Gasteiger partial charge in [0.1, 0.15) is 0 Å². The monoisotopic (exact) mass is 265 g/mol. The van der Waals surface area contributed by atoms with Crippen molar-refractivity contribution in [2.75, 3.05) is 11.5 Å². The minimum atomic E-state index is 0.519. The van der Waals surface area contributed by atoms with Crippen LogP contribution in [0.2, 0.25) is 0 Å². The van der Waals surface area contributed by atoms with Gasteiger partial charge in [-0.05, 0) is 50.0 Å². The third-order valence-electron chi connectivity index (χ3n) is 4.20. The maximum Gasteiger partial charge on any atom is 0.0948 e. The number of piperidine rings is 1. The average Bonchev–Trinajstić information content (AvgIpc) is 3.01. The van der Waals surface area contributed by atoms with Gasteiger partial charge >= 0.3 is 0 Å². The standard InChI is InChI=1S/C14H23N3S/c1-11-3-2-4-13(16-11)14-7-15-10-17(14)8-12-5-6-18-9-12/h7,10-13,16H,2-6,8-9H2,1H3. The SMILES string of the molecule is CC1CCCC(c2cncn2CC2CCSC2)N1. The first-order valence-corrected chi connectivity index (χ1v) is 8.32. The van der Waals surface area contributed by atoms with E-state index in [1.807, 2.05) is 6.33 Å². The first kappa shape index (κ1) is 12.5. The Labute approximate surface area is 114 Å². The molecule has 1 N–H and O–H groups in total. The summed E-state index contributed by atoms with van der Waals surface area (Å²) in [6, 6.07) is 1.17. The van der Waals surface area contributed by atoms with Crippen molar-refractivity contribution in [3.63, 3.8) is 0 Å². The summed E-state index contributed by atoms with van der Waals surface area (Å²) in [4.78, 5) is 4.38. The molecule has 2 aliphatic rings. The van der Waals surface area contributed by atoms with E-state index in [2.05, 4.69) is 39.8 Å². The summed E-state index contributed by atoms with van der Waals surface area (Å²) >= 11 is 2.10. The van der Waals surface area contributed by atoms with Gasteiger partial charge in [-0.25, -0.2) is 4.98 Å². The second-order valence-electron chi connectivity index (χ2n) is 5.75. The fraction of sp³-hybridized carbons (Fsp3) is 0.786. The van der Waals surface area contributed by atoms with Crippen LogP contribution in [0, 0.1) is 5.92 Å². The van der Waals surface area contributed by atoms with E-state index in [0.29, 0.717) is 12.1 Å². The molecule has 3 atom stereocenters. The predicted molar refractivity (Wildman–Crippen MR) is 76.8 cm³/mol. The van der Waals surface area contributed by atoms with Gasteiger partial charge in [0.25, 0.3) is 0 Å². The van der Waals surface area contributed by atoms with Crippen LogP contribution in [0.3, 0.4) is 0 Å². The smallest absolute Gasteiger partial charge is 0.0948 e. The molecule has 0 bridgehead atoms. The van der Waals surface area contributed by atoms with Crippen LogP contribution in [0.25, 0.3) is 0 Å². The van der Waals surface area contributed by atoms with E-state index in [0.717, 1.165) is 12.5 Å². The number of aromatic nitrogens is 2. The van der Waals surface area contributed by atoms with Crippen LogP contribution in [0.5, 0.6) is 0 Å². The minimum Gasteiger partial charge on any atom is -0.333 e. The Bertz CT molecular complexity index is 384. The Hall–Kier alpha value is -0.480. The highest BCUT2D eigenvalue weighted by Gasteiger charge is 2.23. The van der Waals surface area contributed by atoms with Gasteiger partial charge in [-0.2, -0.15) is 11.8 Å². The zero-order valence-corrected chi connectivity index (χ0v) is 12.0. The topological polar surface area (TPSA) is 29.9 Å².